The Hall–Kier alpha value is -0.360. The molecule has 0 atom stereocenters. The highest BCUT2D eigenvalue weighted by molar-refractivity contribution is 8.77. The summed E-state index contributed by atoms with van der Waals surface area (Å²) in [6.45, 7) is 2.66. The maximum atomic E-state index is 11.2. The molecule has 0 aromatic carbocycles. The molecule has 0 bridgehead atoms. The van der Waals surface area contributed by atoms with Gasteiger partial charge in [0.1, 0.15) is 11.5 Å². The fourth-order valence-electron chi connectivity index (χ4n) is 1.29. The Morgan fingerprint density at radius 2 is 1.61 bits per heavy atom. The highest BCUT2D eigenvalue weighted by Gasteiger charge is 2.04. The number of unbranched alkanes of at least 4 members (excludes halogenated alkanes) is 5. The highest BCUT2D eigenvalue weighted by atomic mass is 33.1. The summed E-state index contributed by atoms with van der Waals surface area (Å²) in [7, 11) is 2.38. The average molecular weight is 294 g/mol. The van der Waals surface area contributed by atoms with Crippen molar-refractivity contribution < 1.29 is 19.4 Å². The lowest BCUT2D eigenvalue weighted by Gasteiger charge is -2.04. The summed E-state index contributed by atoms with van der Waals surface area (Å²) in [5.74, 6) is -0.900. The molecule has 0 saturated carbocycles. The lowest BCUT2D eigenvalue weighted by Crippen LogP contribution is -2.08. The van der Waals surface area contributed by atoms with Crippen molar-refractivity contribution in [1.82, 2.24) is 0 Å². The Balaban J connectivity index is 3.19. The Kier molecular flexibility index (Phi) is 12.8. The summed E-state index contributed by atoms with van der Waals surface area (Å²) in [6, 6.07) is 0. The summed E-state index contributed by atoms with van der Waals surface area (Å²) in [5.41, 5.74) is 0. The Labute approximate surface area is 117 Å². The Morgan fingerprint density at radius 3 is 2.28 bits per heavy atom. The van der Waals surface area contributed by atoms with Gasteiger partial charge in [0.05, 0.1) is 6.61 Å². The van der Waals surface area contributed by atoms with Gasteiger partial charge in [-0.25, -0.2) is 0 Å². The SMILES string of the molecule is CCCCCCCCOC(=O)CSSCC(=O)O. The minimum absolute atomic E-state index is 0.00930. The summed E-state index contributed by atoms with van der Waals surface area (Å²) in [5, 5.41) is 8.39. The molecule has 0 aromatic heterocycles. The minimum atomic E-state index is -0.868. The van der Waals surface area contributed by atoms with Crippen LogP contribution in [-0.2, 0) is 14.3 Å². The zero-order chi connectivity index (χ0) is 13.6. The van der Waals surface area contributed by atoms with Crippen LogP contribution in [0.1, 0.15) is 45.4 Å². The van der Waals surface area contributed by atoms with Crippen molar-refractivity contribution >= 4 is 33.5 Å². The second-order valence-electron chi connectivity index (χ2n) is 3.91. The predicted octanol–water partition coefficient (Wildman–Crippen LogP) is 3.36. The molecule has 0 spiro atoms. The molecule has 0 aliphatic carbocycles. The molecular weight excluding hydrogens is 272 g/mol. The first kappa shape index (κ1) is 17.6. The third kappa shape index (κ3) is 13.7. The molecule has 106 valence electrons. The van der Waals surface area contributed by atoms with Crippen LogP contribution in [0.4, 0.5) is 0 Å². The first-order valence-electron chi connectivity index (χ1n) is 6.28. The van der Waals surface area contributed by atoms with E-state index < -0.39 is 5.97 Å². The van der Waals surface area contributed by atoms with E-state index in [4.69, 9.17) is 9.84 Å². The van der Waals surface area contributed by atoms with Gasteiger partial charge in [-0.2, -0.15) is 0 Å². The standard InChI is InChI=1S/C12H22O4S2/c1-2-3-4-5-6-7-8-16-12(15)10-18-17-9-11(13)14/h2-10H2,1H3,(H,13,14). The summed E-state index contributed by atoms with van der Waals surface area (Å²) < 4.78 is 5.04. The number of rotatable bonds is 12. The maximum Gasteiger partial charge on any atom is 0.316 e. The Bertz CT molecular complexity index is 234. The van der Waals surface area contributed by atoms with Gasteiger partial charge in [-0.3, -0.25) is 9.59 Å². The van der Waals surface area contributed by atoms with Gasteiger partial charge in [-0.05, 0) is 6.42 Å². The van der Waals surface area contributed by atoms with Gasteiger partial charge < -0.3 is 9.84 Å². The van der Waals surface area contributed by atoms with E-state index >= 15 is 0 Å². The van der Waals surface area contributed by atoms with Gasteiger partial charge in [-0.1, -0.05) is 60.6 Å². The van der Waals surface area contributed by atoms with Crippen LogP contribution in [0.5, 0.6) is 0 Å². The summed E-state index contributed by atoms with van der Waals surface area (Å²) in [4.78, 5) is 21.4. The molecule has 0 unspecified atom stereocenters. The molecule has 1 N–H and O–H groups in total. The smallest absolute Gasteiger partial charge is 0.316 e. The van der Waals surface area contributed by atoms with Crippen molar-refractivity contribution in [1.29, 1.82) is 0 Å². The molecule has 0 radical (unpaired) electrons. The molecule has 0 aliphatic heterocycles. The van der Waals surface area contributed by atoms with Crippen molar-refractivity contribution in [3.63, 3.8) is 0 Å². The van der Waals surface area contributed by atoms with E-state index in [0.717, 1.165) is 23.6 Å². The lowest BCUT2D eigenvalue weighted by atomic mass is 10.1. The second kappa shape index (κ2) is 13.1. The number of ether oxygens (including phenoxy) is 1. The topological polar surface area (TPSA) is 63.6 Å². The number of carbonyl (C=O) groups is 2. The largest absolute Gasteiger partial charge is 0.481 e. The third-order valence-corrected chi connectivity index (χ3v) is 4.30. The monoisotopic (exact) mass is 294 g/mol. The van der Waals surface area contributed by atoms with Crippen LogP contribution in [0.3, 0.4) is 0 Å². The van der Waals surface area contributed by atoms with Gasteiger partial charge >= 0.3 is 11.9 Å². The number of carboxylic acid groups (broad SMARTS) is 1. The van der Waals surface area contributed by atoms with Crippen molar-refractivity contribution in [2.75, 3.05) is 18.1 Å². The predicted molar refractivity (Wildman–Crippen MR) is 76.9 cm³/mol. The molecule has 0 aliphatic rings. The first-order valence-corrected chi connectivity index (χ1v) is 8.77. The van der Waals surface area contributed by atoms with E-state index in [-0.39, 0.29) is 17.5 Å². The zero-order valence-corrected chi connectivity index (χ0v) is 12.5. The molecule has 0 fully saturated rings. The summed E-state index contributed by atoms with van der Waals surface area (Å²) >= 11 is 0. The highest BCUT2D eigenvalue weighted by Crippen LogP contribution is 2.20. The average Bonchev–Trinajstić information content (AvgIpc) is 2.33. The molecule has 0 rings (SSSR count). The van der Waals surface area contributed by atoms with Crippen LogP contribution in [-0.4, -0.2) is 35.2 Å². The van der Waals surface area contributed by atoms with Crippen LogP contribution in [0, 0.1) is 0 Å². The normalized spacial score (nSPS) is 10.3. The van der Waals surface area contributed by atoms with E-state index in [1.165, 1.54) is 36.5 Å². The van der Waals surface area contributed by atoms with Gasteiger partial charge in [0, 0.05) is 0 Å². The van der Waals surface area contributed by atoms with E-state index in [2.05, 4.69) is 6.92 Å². The molecule has 0 aromatic rings. The molecular formula is C12H22O4S2. The van der Waals surface area contributed by atoms with Crippen molar-refractivity contribution in [3.8, 4) is 0 Å². The molecule has 6 heteroatoms. The van der Waals surface area contributed by atoms with Gasteiger partial charge in [0.2, 0.25) is 0 Å². The molecule has 0 saturated heterocycles. The van der Waals surface area contributed by atoms with Crippen LogP contribution in [0.25, 0.3) is 0 Å². The van der Waals surface area contributed by atoms with Gasteiger partial charge in [-0.15, -0.1) is 0 Å². The quantitative estimate of drug-likeness (QED) is 0.338. The van der Waals surface area contributed by atoms with Crippen LogP contribution in [0.15, 0.2) is 0 Å². The fraction of sp³-hybridized carbons (Fsp3) is 0.833. The van der Waals surface area contributed by atoms with Crippen molar-refractivity contribution in [2.45, 2.75) is 45.4 Å². The maximum absolute atomic E-state index is 11.2. The third-order valence-electron chi connectivity index (χ3n) is 2.20. The molecule has 0 amide bonds. The number of aliphatic carboxylic acids is 1. The van der Waals surface area contributed by atoms with Gasteiger partial charge in [0.25, 0.3) is 0 Å². The number of carbonyl (C=O) groups excluding carboxylic acids is 1. The number of esters is 1. The number of carboxylic acids is 1. The van der Waals surface area contributed by atoms with Crippen LogP contribution in [0.2, 0.25) is 0 Å². The number of hydrogen-bond donors (Lipinski definition) is 1. The van der Waals surface area contributed by atoms with E-state index in [1.54, 1.807) is 0 Å². The van der Waals surface area contributed by atoms with E-state index in [1.807, 2.05) is 0 Å². The van der Waals surface area contributed by atoms with Crippen LogP contribution < -0.4 is 0 Å². The second-order valence-corrected chi connectivity index (χ2v) is 6.37. The van der Waals surface area contributed by atoms with Crippen molar-refractivity contribution in [3.05, 3.63) is 0 Å². The summed E-state index contributed by atoms with van der Waals surface area (Å²) in [6.07, 6.45) is 6.99. The lowest BCUT2D eigenvalue weighted by molar-refractivity contribution is -0.140. The fourth-order valence-corrected chi connectivity index (χ4v) is 2.83. The Morgan fingerprint density at radius 1 is 1.00 bits per heavy atom. The van der Waals surface area contributed by atoms with E-state index in [9.17, 15) is 9.59 Å². The first-order chi connectivity index (χ1) is 8.66. The minimum Gasteiger partial charge on any atom is -0.481 e. The van der Waals surface area contributed by atoms with E-state index in [0.29, 0.717) is 6.61 Å². The van der Waals surface area contributed by atoms with Gasteiger partial charge in [0.15, 0.2) is 0 Å². The van der Waals surface area contributed by atoms with Crippen molar-refractivity contribution in [2.24, 2.45) is 0 Å². The number of hydrogen-bond acceptors (Lipinski definition) is 5. The zero-order valence-electron chi connectivity index (χ0n) is 10.9. The molecule has 0 heterocycles. The molecule has 18 heavy (non-hydrogen) atoms. The molecule has 4 nitrogen and oxygen atoms in total. The van der Waals surface area contributed by atoms with Crippen LogP contribution >= 0.6 is 21.6 Å².